The van der Waals surface area contributed by atoms with Gasteiger partial charge in [0.2, 0.25) is 5.91 Å². The minimum absolute atomic E-state index is 0.00600. The Hall–Kier alpha value is -1.42. The fourth-order valence-electron chi connectivity index (χ4n) is 1.51. The molecule has 0 aliphatic rings. The number of hydrogen-bond acceptors (Lipinski definition) is 3. The molecule has 0 aliphatic heterocycles. The van der Waals surface area contributed by atoms with Gasteiger partial charge in [-0.15, -0.1) is 11.6 Å². The summed E-state index contributed by atoms with van der Waals surface area (Å²) in [5, 5.41) is 2.83. The zero-order valence-electron chi connectivity index (χ0n) is 10.7. The van der Waals surface area contributed by atoms with Crippen LogP contribution in [-0.4, -0.2) is 26.0 Å². The first-order valence-corrected chi connectivity index (χ1v) is 6.28. The largest absolute Gasteiger partial charge is 0.497 e. The van der Waals surface area contributed by atoms with Crippen molar-refractivity contribution in [1.29, 1.82) is 0 Å². The summed E-state index contributed by atoms with van der Waals surface area (Å²) < 4.78 is 10.4. The Labute approximate surface area is 112 Å². The molecule has 100 valence electrons. The molecule has 1 rings (SSSR count). The topological polar surface area (TPSA) is 47.6 Å². The van der Waals surface area contributed by atoms with Gasteiger partial charge in [0.15, 0.2) is 0 Å². The standard InChI is InChI=1S/C13H18ClNO3/c1-17-11-6-5-10(12(8-11)18-2)9-15-13(16)4-3-7-14/h5-6,8H,3-4,7,9H2,1-2H3,(H,15,16). The van der Waals surface area contributed by atoms with Crippen LogP contribution in [0.5, 0.6) is 11.5 Å². The summed E-state index contributed by atoms with van der Waals surface area (Å²) in [6.45, 7) is 0.439. The van der Waals surface area contributed by atoms with Gasteiger partial charge in [-0.2, -0.15) is 0 Å². The summed E-state index contributed by atoms with van der Waals surface area (Å²) in [6.07, 6.45) is 1.13. The molecule has 0 aliphatic carbocycles. The lowest BCUT2D eigenvalue weighted by atomic mass is 10.2. The smallest absolute Gasteiger partial charge is 0.220 e. The van der Waals surface area contributed by atoms with Crippen LogP contribution in [0.25, 0.3) is 0 Å². The highest BCUT2D eigenvalue weighted by atomic mass is 35.5. The number of carbonyl (C=O) groups excluding carboxylic acids is 1. The number of nitrogens with one attached hydrogen (secondary N) is 1. The van der Waals surface area contributed by atoms with Crippen LogP contribution in [0.15, 0.2) is 18.2 Å². The van der Waals surface area contributed by atoms with Crippen LogP contribution < -0.4 is 14.8 Å². The van der Waals surface area contributed by atoms with Crippen molar-refractivity contribution in [1.82, 2.24) is 5.32 Å². The highest BCUT2D eigenvalue weighted by Crippen LogP contribution is 2.24. The van der Waals surface area contributed by atoms with Crippen molar-refractivity contribution < 1.29 is 14.3 Å². The van der Waals surface area contributed by atoms with E-state index in [2.05, 4.69) is 5.32 Å². The van der Waals surface area contributed by atoms with Gasteiger partial charge in [-0.3, -0.25) is 4.79 Å². The molecule has 1 aromatic rings. The third-order valence-corrected chi connectivity index (χ3v) is 2.77. The molecule has 1 amide bonds. The third kappa shape index (κ3) is 4.45. The number of benzene rings is 1. The van der Waals surface area contributed by atoms with Crippen LogP contribution in [-0.2, 0) is 11.3 Å². The minimum atomic E-state index is -0.00600. The van der Waals surface area contributed by atoms with Gasteiger partial charge in [0.05, 0.1) is 14.2 Å². The van der Waals surface area contributed by atoms with Gasteiger partial charge < -0.3 is 14.8 Å². The van der Waals surface area contributed by atoms with E-state index in [4.69, 9.17) is 21.1 Å². The number of rotatable bonds is 7. The quantitative estimate of drug-likeness (QED) is 0.775. The summed E-state index contributed by atoms with van der Waals surface area (Å²) in [5.41, 5.74) is 0.914. The number of amides is 1. The van der Waals surface area contributed by atoms with Crippen molar-refractivity contribution in [3.8, 4) is 11.5 Å². The normalized spacial score (nSPS) is 9.94. The Morgan fingerprint density at radius 3 is 2.72 bits per heavy atom. The van der Waals surface area contributed by atoms with Gasteiger partial charge in [-0.05, 0) is 18.6 Å². The van der Waals surface area contributed by atoms with Gasteiger partial charge in [0.25, 0.3) is 0 Å². The molecule has 1 N–H and O–H groups in total. The van der Waals surface area contributed by atoms with E-state index in [1.165, 1.54) is 0 Å². The first-order chi connectivity index (χ1) is 8.71. The highest BCUT2D eigenvalue weighted by Gasteiger charge is 2.06. The predicted molar refractivity (Wildman–Crippen MR) is 71.3 cm³/mol. The fourth-order valence-corrected chi connectivity index (χ4v) is 1.64. The number of ether oxygens (including phenoxy) is 2. The second kappa shape index (κ2) is 7.82. The molecule has 0 aromatic heterocycles. The maximum Gasteiger partial charge on any atom is 0.220 e. The first kappa shape index (κ1) is 14.6. The minimum Gasteiger partial charge on any atom is -0.497 e. The molecule has 0 saturated heterocycles. The summed E-state index contributed by atoms with van der Waals surface area (Å²) in [4.78, 5) is 11.5. The second-order valence-corrected chi connectivity index (χ2v) is 4.13. The Kier molecular flexibility index (Phi) is 6.36. The van der Waals surface area contributed by atoms with Gasteiger partial charge in [0, 0.05) is 30.5 Å². The van der Waals surface area contributed by atoms with Gasteiger partial charge in [0.1, 0.15) is 11.5 Å². The Balaban J connectivity index is 2.58. The lowest BCUT2D eigenvalue weighted by Gasteiger charge is -2.11. The molecule has 0 unspecified atom stereocenters. The zero-order chi connectivity index (χ0) is 13.4. The van der Waals surface area contributed by atoms with Crippen LogP contribution >= 0.6 is 11.6 Å². The average Bonchev–Trinajstić information content (AvgIpc) is 2.42. The molecule has 0 heterocycles. The lowest BCUT2D eigenvalue weighted by molar-refractivity contribution is -0.121. The molecule has 0 fully saturated rings. The van der Waals surface area contributed by atoms with E-state index in [1.54, 1.807) is 20.3 Å². The van der Waals surface area contributed by atoms with E-state index in [0.717, 1.165) is 11.3 Å². The van der Waals surface area contributed by atoms with Crippen LogP contribution in [0, 0.1) is 0 Å². The number of methoxy groups -OCH3 is 2. The zero-order valence-corrected chi connectivity index (χ0v) is 11.4. The van der Waals surface area contributed by atoms with Crippen LogP contribution in [0.1, 0.15) is 18.4 Å². The van der Waals surface area contributed by atoms with Gasteiger partial charge >= 0.3 is 0 Å². The maximum atomic E-state index is 11.5. The number of alkyl halides is 1. The molecule has 0 spiro atoms. The van der Waals surface area contributed by atoms with E-state index < -0.39 is 0 Å². The number of halogens is 1. The van der Waals surface area contributed by atoms with Crippen molar-refractivity contribution in [2.45, 2.75) is 19.4 Å². The molecule has 4 nitrogen and oxygen atoms in total. The van der Waals surface area contributed by atoms with E-state index in [9.17, 15) is 4.79 Å². The molecule has 0 bridgehead atoms. The SMILES string of the molecule is COc1ccc(CNC(=O)CCCCl)c(OC)c1. The predicted octanol–water partition coefficient (Wildman–Crippen LogP) is 2.34. The molecular weight excluding hydrogens is 254 g/mol. The van der Waals surface area contributed by atoms with Crippen molar-refractivity contribution in [3.05, 3.63) is 23.8 Å². The Bertz CT molecular complexity index is 396. The third-order valence-electron chi connectivity index (χ3n) is 2.51. The Morgan fingerprint density at radius 2 is 2.11 bits per heavy atom. The average molecular weight is 272 g/mol. The number of hydrogen-bond donors (Lipinski definition) is 1. The van der Waals surface area contributed by atoms with E-state index in [1.807, 2.05) is 12.1 Å². The molecule has 0 radical (unpaired) electrons. The first-order valence-electron chi connectivity index (χ1n) is 5.74. The monoisotopic (exact) mass is 271 g/mol. The van der Waals surface area contributed by atoms with Crippen molar-refractivity contribution in [2.75, 3.05) is 20.1 Å². The lowest BCUT2D eigenvalue weighted by Crippen LogP contribution is -2.22. The second-order valence-electron chi connectivity index (χ2n) is 3.75. The van der Waals surface area contributed by atoms with Crippen LogP contribution in [0.3, 0.4) is 0 Å². The maximum absolute atomic E-state index is 11.5. The fraction of sp³-hybridized carbons (Fsp3) is 0.462. The van der Waals surface area contributed by atoms with Crippen LogP contribution in [0.2, 0.25) is 0 Å². The van der Waals surface area contributed by atoms with E-state index >= 15 is 0 Å². The van der Waals surface area contributed by atoms with Gasteiger partial charge in [-0.1, -0.05) is 0 Å². The molecule has 5 heteroatoms. The summed E-state index contributed by atoms with van der Waals surface area (Å²) in [7, 11) is 3.19. The molecule has 0 saturated carbocycles. The van der Waals surface area contributed by atoms with Crippen molar-refractivity contribution >= 4 is 17.5 Å². The Morgan fingerprint density at radius 1 is 1.33 bits per heavy atom. The van der Waals surface area contributed by atoms with Gasteiger partial charge in [-0.25, -0.2) is 0 Å². The van der Waals surface area contributed by atoms with Crippen molar-refractivity contribution in [3.63, 3.8) is 0 Å². The van der Waals surface area contributed by atoms with E-state index in [0.29, 0.717) is 31.0 Å². The summed E-state index contributed by atoms with van der Waals surface area (Å²) >= 11 is 5.53. The number of carbonyl (C=O) groups is 1. The molecular formula is C13H18ClNO3. The molecule has 18 heavy (non-hydrogen) atoms. The molecule has 1 aromatic carbocycles. The van der Waals surface area contributed by atoms with E-state index in [-0.39, 0.29) is 5.91 Å². The van der Waals surface area contributed by atoms with Crippen molar-refractivity contribution in [2.24, 2.45) is 0 Å². The highest BCUT2D eigenvalue weighted by molar-refractivity contribution is 6.17. The summed E-state index contributed by atoms with van der Waals surface area (Å²) in [6, 6.07) is 5.50. The molecule has 0 atom stereocenters. The summed E-state index contributed by atoms with van der Waals surface area (Å²) in [5.74, 6) is 1.92. The van der Waals surface area contributed by atoms with Crippen LogP contribution in [0.4, 0.5) is 0 Å².